The molecule has 0 saturated carbocycles. The van der Waals surface area contributed by atoms with Gasteiger partial charge in [-0.25, -0.2) is 4.39 Å². The van der Waals surface area contributed by atoms with Gasteiger partial charge < -0.3 is 5.32 Å². The minimum Gasteiger partial charge on any atom is -0.312 e. The summed E-state index contributed by atoms with van der Waals surface area (Å²) in [7, 11) is 1.90. The fourth-order valence-electron chi connectivity index (χ4n) is 1.34. The molecular formula is C12H19FN2S. The molecule has 0 aliphatic heterocycles. The Balaban J connectivity index is 2.60. The molecule has 1 aromatic heterocycles. The lowest BCUT2D eigenvalue weighted by Crippen LogP contribution is -2.20. The van der Waals surface area contributed by atoms with Crippen molar-refractivity contribution in [2.24, 2.45) is 0 Å². The Bertz CT molecular complexity index is 320. The Labute approximate surface area is 101 Å². The van der Waals surface area contributed by atoms with E-state index in [0.29, 0.717) is 5.25 Å². The molecule has 0 bridgehead atoms. The van der Waals surface area contributed by atoms with Crippen molar-refractivity contribution in [3.8, 4) is 0 Å². The second-order valence-corrected chi connectivity index (χ2v) is 5.30. The van der Waals surface area contributed by atoms with E-state index < -0.39 is 0 Å². The summed E-state index contributed by atoms with van der Waals surface area (Å²) in [5, 5.41) is 3.83. The normalized spacial score (nSPS) is 14.8. The third-order valence-corrected chi connectivity index (χ3v) is 4.03. The van der Waals surface area contributed by atoms with Crippen LogP contribution in [-0.4, -0.2) is 23.0 Å². The van der Waals surface area contributed by atoms with Crippen molar-refractivity contribution >= 4 is 11.8 Å². The average molecular weight is 242 g/mol. The van der Waals surface area contributed by atoms with Crippen LogP contribution in [0.2, 0.25) is 0 Å². The van der Waals surface area contributed by atoms with E-state index >= 15 is 0 Å². The average Bonchev–Trinajstić information content (AvgIpc) is 2.29. The van der Waals surface area contributed by atoms with Gasteiger partial charge in [0.2, 0.25) is 0 Å². The maximum atomic E-state index is 13.0. The molecular weight excluding hydrogens is 223 g/mol. The molecule has 90 valence electrons. The van der Waals surface area contributed by atoms with Gasteiger partial charge in [-0.2, -0.15) is 11.8 Å². The van der Waals surface area contributed by atoms with Gasteiger partial charge in [-0.15, -0.1) is 0 Å². The molecule has 2 atom stereocenters. The van der Waals surface area contributed by atoms with Crippen molar-refractivity contribution in [2.45, 2.75) is 31.6 Å². The van der Waals surface area contributed by atoms with E-state index in [4.69, 9.17) is 0 Å². The number of rotatable bonds is 6. The van der Waals surface area contributed by atoms with Crippen molar-refractivity contribution in [1.82, 2.24) is 10.3 Å². The summed E-state index contributed by atoms with van der Waals surface area (Å²) >= 11 is 1.90. The smallest absolute Gasteiger partial charge is 0.141 e. The van der Waals surface area contributed by atoms with Crippen molar-refractivity contribution in [3.63, 3.8) is 0 Å². The molecule has 1 rings (SSSR count). The van der Waals surface area contributed by atoms with E-state index in [9.17, 15) is 4.39 Å². The van der Waals surface area contributed by atoms with Gasteiger partial charge in [0, 0.05) is 23.2 Å². The number of pyridine rings is 1. The summed E-state index contributed by atoms with van der Waals surface area (Å²) in [6.45, 7) is 4.39. The zero-order valence-electron chi connectivity index (χ0n) is 10.0. The third kappa shape index (κ3) is 4.10. The molecule has 4 heteroatoms. The molecule has 0 aliphatic rings. The topological polar surface area (TPSA) is 24.9 Å². The first kappa shape index (κ1) is 13.5. The Morgan fingerprint density at radius 1 is 1.50 bits per heavy atom. The highest BCUT2D eigenvalue weighted by Gasteiger charge is 2.12. The van der Waals surface area contributed by atoms with Crippen LogP contribution in [0.4, 0.5) is 4.39 Å². The van der Waals surface area contributed by atoms with E-state index in [1.165, 1.54) is 6.20 Å². The van der Waals surface area contributed by atoms with E-state index in [1.54, 1.807) is 12.3 Å². The lowest BCUT2D eigenvalue weighted by atomic mass is 10.1. The van der Waals surface area contributed by atoms with Crippen LogP contribution in [0.15, 0.2) is 18.5 Å². The van der Waals surface area contributed by atoms with Gasteiger partial charge in [-0.1, -0.05) is 13.8 Å². The fourth-order valence-corrected chi connectivity index (χ4v) is 2.46. The number of aromatic nitrogens is 1. The summed E-state index contributed by atoms with van der Waals surface area (Å²) in [4.78, 5) is 3.88. The number of halogens is 1. The first-order chi connectivity index (χ1) is 7.67. The SMILES string of the molecule is CCC(C)SCC(NC)c1cncc(F)c1. The summed E-state index contributed by atoms with van der Waals surface area (Å²) in [6, 6.07) is 1.72. The highest BCUT2D eigenvalue weighted by molar-refractivity contribution is 7.99. The largest absolute Gasteiger partial charge is 0.312 e. The Morgan fingerprint density at radius 2 is 2.25 bits per heavy atom. The molecule has 1 N–H and O–H groups in total. The van der Waals surface area contributed by atoms with Crippen molar-refractivity contribution in [1.29, 1.82) is 0 Å². The van der Waals surface area contributed by atoms with Gasteiger partial charge in [0.05, 0.1) is 6.20 Å². The van der Waals surface area contributed by atoms with Gasteiger partial charge in [-0.05, 0) is 25.1 Å². The molecule has 0 radical (unpaired) electrons. The van der Waals surface area contributed by atoms with E-state index in [-0.39, 0.29) is 11.9 Å². The number of nitrogens with one attached hydrogen (secondary N) is 1. The number of thioether (sulfide) groups is 1. The number of nitrogens with zero attached hydrogens (tertiary/aromatic N) is 1. The molecule has 1 aromatic rings. The van der Waals surface area contributed by atoms with Crippen molar-refractivity contribution < 1.29 is 4.39 Å². The molecule has 2 unspecified atom stereocenters. The standard InChI is InChI=1S/C12H19FN2S/c1-4-9(2)16-8-12(14-3)10-5-11(13)7-15-6-10/h5-7,9,12,14H,4,8H2,1-3H3. The molecule has 0 aliphatic carbocycles. The minimum absolute atomic E-state index is 0.169. The number of hydrogen-bond acceptors (Lipinski definition) is 3. The van der Waals surface area contributed by atoms with E-state index in [1.807, 2.05) is 18.8 Å². The Hall–Kier alpha value is -0.610. The van der Waals surface area contributed by atoms with Gasteiger partial charge in [-0.3, -0.25) is 4.98 Å². The van der Waals surface area contributed by atoms with Gasteiger partial charge in [0.1, 0.15) is 5.82 Å². The predicted octanol–water partition coefficient (Wildman–Crippen LogP) is 3.01. The molecule has 0 aromatic carbocycles. The van der Waals surface area contributed by atoms with Gasteiger partial charge >= 0.3 is 0 Å². The quantitative estimate of drug-likeness (QED) is 0.830. The first-order valence-corrected chi connectivity index (χ1v) is 6.61. The molecule has 16 heavy (non-hydrogen) atoms. The summed E-state index contributed by atoms with van der Waals surface area (Å²) in [6.07, 6.45) is 4.11. The Kier molecular flexibility index (Phi) is 5.77. The molecule has 1 heterocycles. The highest BCUT2D eigenvalue weighted by atomic mass is 32.2. The lowest BCUT2D eigenvalue weighted by molar-refractivity contribution is 0.603. The predicted molar refractivity (Wildman–Crippen MR) is 68.2 cm³/mol. The number of hydrogen-bond donors (Lipinski definition) is 1. The lowest BCUT2D eigenvalue weighted by Gasteiger charge is -2.18. The van der Waals surface area contributed by atoms with Crippen LogP contribution in [-0.2, 0) is 0 Å². The van der Waals surface area contributed by atoms with E-state index in [2.05, 4.69) is 24.1 Å². The minimum atomic E-state index is -0.272. The van der Waals surface area contributed by atoms with Crippen LogP contribution in [0.25, 0.3) is 0 Å². The molecule has 0 spiro atoms. The maximum Gasteiger partial charge on any atom is 0.141 e. The zero-order chi connectivity index (χ0) is 12.0. The fraction of sp³-hybridized carbons (Fsp3) is 0.583. The molecule has 2 nitrogen and oxygen atoms in total. The van der Waals surface area contributed by atoms with Crippen LogP contribution in [0, 0.1) is 5.82 Å². The van der Waals surface area contributed by atoms with Crippen LogP contribution in [0.1, 0.15) is 31.9 Å². The van der Waals surface area contributed by atoms with Gasteiger partial charge in [0.25, 0.3) is 0 Å². The summed E-state index contributed by atoms with van der Waals surface area (Å²) in [5.41, 5.74) is 0.915. The second kappa shape index (κ2) is 6.86. The van der Waals surface area contributed by atoms with E-state index in [0.717, 1.165) is 17.7 Å². The summed E-state index contributed by atoms with van der Waals surface area (Å²) in [5.74, 6) is 0.669. The molecule has 0 amide bonds. The highest BCUT2D eigenvalue weighted by Crippen LogP contribution is 2.22. The van der Waals surface area contributed by atoms with Crippen LogP contribution >= 0.6 is 11.8 Å². The zero-order valence-corrected chi connectivity index (χ0v) is 10.9. The maximum absolute atomic E-state index is 13.0. The second-order valence-electron chi connectivity index (χ2n) is 3.83. The monoisotopic (exact) mass is 242 g/mol. The van der Waals surface area contributed by atoms with Crippen LogP contribution < -0.4 is 5.32 Å². The van der Waals surface area contributed by atoms with Crippen molar-refractivity contribution in [2.75, 3.05) is 12.8 Å². The first-order valence-electron chi connectivity index (χ1n) is 5.56. The van der Waals surface area contributed by atoms with Crippen LogP contribution in [0.3, 0.4) is 0 Å². The Morgan fingerprint density at radius 3 is 2.81 bits per heavy atom. The van der Waals surface area contributed by atoms with Crippen molar-refractivity contribution in [3.05, 3.63) is 29.8 Å². The molecule has 0 saturated heterocycles. The molecule has 0 fully saturated rings. The third-order valence-electron chi connectivity index (χ3n) is 2.60. The summed E-state index contributed by atoms with van der Waals surface area (Å²) < 4.78 is 13.0. The van der Waals surface area contributed by atoms with Gasteiger partial charge in [0.15, 0.2) is 0 Å². The van der Waals surface area contributed by atoms with Crippen LogP contribution in [0.5, 0.6) is 0 Å².